The first-order chi connectivity index (χ1) is 12.7. The molecule has 1 saturated heterocycles. The van der Waals surface area contributed by atoms with Crippen LogP contribution in [-0.2, 0) is 9.47 Å². The van der Waals surface area contributed by atoms with Crippen LogP contribution in [0.25, 0.3) is 11.1 Å². The minimum Gasteiger partial charge on any atom is -0.462 e. The second kappa shape index (κ2) is 8.58. The highest BCUT2D eigenvalue weighted by Gasteiger charge is 2.17. The van der Waals surface area contributed by atoms with Gasteiger partial charge in [0.25, 0.3) is 5.91 Å². The van der Waals surface area contributed by atoms with Gasteiger partial charge in [0.15, 0.2) is 0 Å². The van der Waals surface area contributed by atoms with Crippen LogP contribution in [0.15, 0.2) is 42.7 Å². The fourth-order valence-corrected chi connectivity index (χ4v) is 2.82. The smallest absolute Gasteiger partial charge is 0.339 e. The summed E-state index contributed by atoms with van der Waals surface area (Å²) in [5.41, 5.74) is 2.68. The lowest BCUT2D eigenvalue weighted by molar-refractivity contribution is 0.0525. The Morgan fingerprint density at radius 2 is 2.00 bits per heavy atom. The Labute approximate surface area is 152 Å². The van der Waals surface area contributed by atoms with Crippen molar-refractivity contribution in [3.8, 4) is 11.1 Å². The number of ether oxygens (including phenoxy) is 2. The number of amides is 1. The van der Waals surface area contributed by atoms with Crippen LogP contribution in [0.3, 0.4) is 0 Å². The predicted molar refractivity (Wildman–Crippen MR) is 96.9 cm³/mol. The summed E-state index contributed by atoms with van der Waals surface area (Å²) in [5.74, 6) is -0.0921. The van der Waals surface area contributed by atoms with Crippen LogP contribution in [0.2, 0.25) is 0 Å². The molecular weight excluding hydrogens is 332 g/mol. The van der Waals surface area contributed by atoms with Crippen LogP contribution in [0.4, 0.5) is 0 Å². The number of hydrogen-bond acceptors (Lipinski definition) is 5. The van der Waals surface area contributed by atoms with Gasteiger partial charge in [-0.3, -0.25) is 9.78 Å². The van der Waals surface area contributed by atoms with Gasteiger partial charge in [-0.05, 0) is 37.1 Å². The maximum atomic E-state index is 12.2. The van der Waals surface area contributed by atoms with Gasteiger partial charge in [0.2, 0.25) is 0 Å². The highest BCUT2D eigenvalue weighted by Crippen LogP contribution is 2.20. The van der Waals surface area contributed by atoms with Gasteiger partial charge in [0.1, 0.15) is 0 Å². The van der Waals surface area contributed by atoms with Crippen LogP contribution in [0.5, 0.6) is 0 Å². The monoisotopic (exact) mass is 354 g/mol. The molecule has 1 aromatic carbocycles. The molecule has 0 spiro atoms. The quantitative estimate of drug-likeness (QED) is 0.807. The summed E-state index contributed by atoms with van der Waals surface area (Å²) >= 11 is 0. The topological polar surface area (TPSA) is 77.5 Å². The highest BCUT2D eigenvalue weighted by atomic mass is 16.5. The number of aromatic nitrogens is 1. The van der Waals surface area contributed by atoms with Crippen LogP contribution in [0.1, 0.15) is 34.1 Å². The van der Waals surface area contributed by atoms with Gasteiger partial charge in [0, 0.05) is 42.6 Å². The summed E-state index contributed by atoms with van der Waals surface area (Å²) in [6.45, 7) is 4.20. The van der Waals surface area contributed by atoms with E-state index in [9.17, 15) is 9.59 Å². The molecule has 1 amide bonds. The Morgan fingerprint density at radius 3 is 2.69 bits per heavy atom. The predicted octanol–water partition coefficient (Wildman–Crippen LogP) is 2.69. The zero-order valence-electron chi connectivity index (χ0n) is 14.7. The van der Waals surface area contributed by atoms with E-state index in [4.69, 9.17) is 9.47 Å². The Morgan fingerprint density at radius 1 is 1.19 bits per heavy atom. The van der Waals surface area contributed by atoms with Crippen LogP contribution in [-0.4, -0.2) is 43.2 Å². The number of benzene rings is 1. The molecule has 0 saturated carbocycles. The van der Waals surface area contributed by atoms with Crippen molar-refractivity contribution < 1.29 is 19.1 Å². The second-order valence-corrected chi connectivity index (χ2v) is 6.20. The molecule has 0 radical (unpaired) electrons. The summed E-state index contributed by atoms with van der Waals surface area (Å²) in [5, 5.41) is 2.95. The van der Waals surface area contributed by atoms with Crippen molar-refractivity contribution in [1.29, 1.82) is 0 Å². The maximum absolute atomic E-state index is 12.2. The Bertz CT molecular complexity index is 768. The molecule has 0 bridgehead atoms. The summed E-state index contributed by atoms with van der Waals surface area (Å²) in [6, 6.07) is 8.97. The molecule has 1 atom stereocenters. The van der Waals surface area contributed by atoms with Crippen molar-refractivity contribution in [3.05, 3.63) is 53.9 Å². The van der Waals surface area contributed by atoms with Gasteiger partial charge in [-0.25, -0.2) is 4.79 Å². The molecule has 1 unspecified atom stereocenters. The largest absolute Gasteiger partial charge is 0.462 e. The molecule has 1 aliphatic rings. The van der Waals surface area contributed by atoms with E-state index in [1.54, 1.807) is 31.3 Å². The summed E-state index contributed by atoms with van der Waals surface area (Å²) < 4.78 is 10.3. The average Bonchev–Trinajstić information content (AvgIpc) is 3.20. The van der Waals surface area contributed by atoms with Crippen LogP contribution in [0, 0.1) is 5.92 Å². The van der Waals surface area contributed by atoms with Crippen molar-refractivity contribution in [2.75, 3.05) is 26.4 Å². The lowest BCUT2D eigenvalue weighted by Gasteiger charge is -2.10. The van der Waals surface area contributed by atoms with E-state index < -0.39 is 5.97 Å². The van der Waals surface area contributed by atoms with Crippen molar-refractivity contribution in [1.82, 2.24) is 10.3 Å². The van der Waals surface area contributed by atoms with Crippen LogP contribution < -0.4 is 5.32 Å². The number of pyridine rings is 1. The highest BCUT2D eigenvalue weighted by molar-refractivity contribution is 5.95. The summed E-state index contributed by atoms with van der Waals surface area (Å²) in [4.78, 5) is 28.2. The standard InChI is InChI=1S/C20H22N2O4/c1-2-26-20(24)18-9-17(11-21-12-18)15-3-5-16(6-4-15)19(23)22-10-14-7-8-25-13-14/h3-6,9,11-12,14H,2,7-8,10,13H2,1H3,(H,22,23). The summed E-state index contributed by atoms with van der Waals surface area (Å²) in [7, 11) is 0. The molecule has 1 aliphatic heterocycles. The molecule has 1 aromatic heterocycles. The molecule has 1 fully saturated rings. The number of esters is 1. The number of nitrogens with zero attached hydrogens (tertiary/aromatic N) is 1. The van der Waals surface area contributed by atoms with E-state index >= 15 is 0 Å². The van der Waals surface area contributed by atoms with Crippen LogP contribution >= 0.6 is 0 Å². The molecule has 2 heterocycles. The first-order valence-corrected chi connectivity index (χ1v) is 8.76. The van der Waals surface area contributed by atoms with Crippen molar-refractivity contribution in [3.63, 3.8) is 0 Å². The SMILES string of the molecule is CCOC(=O)c1cncc(-c2ccc(C(=O)NCC3CCOC3)cc2)c1. The zero-order valence-corrected chi connectivity index (χ0v) is 14.7. The third-order valence-corrected chi connectivity index (χ3v) is 4.31. The fourth-order valence-electron chi connectivity index (χ4n) is 2.82. The number of rotatable bonds is 6. The number of hydrogen-bond donors (Lipinski definition) is 1. The van der Waals surface area contributed by atoms with E-state index in [-0.39, 0.29) is 5.91 Å². The van der Waals surface area contributed by atoms with Gasteiger partial charge < -0.3 is 14.8 Å². The summed E-state index contributed by atoms with van der Waals surface area (Å²) in [6.07, 6.45) is 4.15. The Hall–Kier alpha value is -2.73. The molecule has 6 heteroatoms. The Balaban J connectivity index is 1.66. The fraction of sp³-hybridized carbons (Fsp3) is 0.350. The van der Waals surface area contributed by atoms with Gasteiger partial charge >= 0.3 is 5.97 Å². The molecule has 3 rings (SSSR count). The number of carbonyl (C=O) groups is 2. The van der Waals surface area contributed by atoms with E-state index in [1.807, 2.05) is 12.1 Å². The third-order valence-electron chi connectivity index (χ3n) is 4.31. The molecule has 136 valence electrons. The first kappa shape index (κ1) is 18.1. The maximum Gasteiger partial charge on any atom is 0.339 e. The molecule has 26 heavy (non-hydrogen) atoms. The van der Waals surface area contributed by atoms with Crippen molar-refractivity contribution in [2.45, 2.75) is 13.3 Å². The van der Waals surface area contributed by atoms with Gasteiger partial charge in [-0.2, -0.15) is 0 Å². The zero-order chi connectivity index (χ0) is 18.4. The van der Waals surface area contributed by atoms with Crippen molar-refractivity contribution >= 4 is 11.9 Å². The third kappa shape index (κ3) is 4.46. The lowest BCUT2D eigenvalue weighted by atomic mass is 10.0. The van der Waals surface area contributed by atoms with E-state index in [0.717, 1.165) is 24.2 Å². The van der Waals surface area contributed by atoms with E-state index in [2.05, 4.69) is 10.3 Å². The van der Waals surface area contributed by atoms with Gasteiger partial charge in [-0.15, -0.1) is 0 Å². The minimum absolute atomic E-state index is 0.0955. The lowest BCUT2D eigenvalue weighted by Crippen LogP contribution is -2.29. The van der Waals surface area contributed by atoms with E-state index in [0.29, 0.717) is 36.8 Å². The number of carbonyl (C=O) groups excluding carboxylic acids is 2. The van der Waals surface area contributed by atoms with Crippen molar-refractivity contribution in [2.24, 2.45) is 5.92 Å². The van der Waals surface area contributed by atoms with E-state index in [1.165, 1.54) is 6.20 Å². The molecule has 6 nitrogen and oxygen atoms in total. The molecular formula is C20H22N2O4. The normalized spacial score (nSPS) is 16.3. The second-order valence-electron chi connectivity index (χ2n) is 6.20. The average molecular weight is 354 g/mol. The molecule has 0 aliphatic carbocycles. The first-order valence-electron chi connectivity index (χ1n) is 8.76. The molecule has 1 N–H and O–H groups in total. The van der Waals surface area contributed by atoms with Gasteiger partial charge in [0.05, 0.1) is 18.8 Å². The Kier molecular flexibility index (Phi) is 5.96. The number of nitrogens with one attached hydrogen (secondary N) is 1. The minimum atomic E-state index is -0.395. The van der Waals surface area contributed by atoms with Gasteiger partial charge in [-0.1, -0.05) is 12.1 Å². The molecule has 2 aromatic rings.